The minimum absolute atomic E-state index is 0.103. The van der Waals surface area contributed by atoms with E-state index >= 15 is 0 Å². The highest BCUT2D eigenvalue weighted by Gasteiger charge is 2.11. The predicted molar refractivity (Wildman–Crippen MR) is 73.3 cm³/mol. The number of thiazole rings is 1. The Morgan fingerprint density at radius 1 is 1.44 bits per heavy atom. The van der Waals surface area contributed by atoms with Gasteiger partial charge >= 0.3 is 0 Å². The molecule has 2 N–H and O–H groups in total. The van der Waals surface area contributed by atoms with Gasteiger partial charge in [-0.25, -0.2) is 0 Å². The number of nitrogens with zero attached hydrogens (tertiary/aromatic N) is 1. The normalized spacial score (nSPS) is 13.6. The fraction of sp³-hybridized carbons (Fsp3) is 0.231. The number of benzene rings is 1. The molecule has 1 aromatic carbocycles. The van der Waals surface area contributed by atoms with Gasteiger partial charge in [0.2, 0.25) is 0 Å². The van der Waals surface area contributed by atoms with Gasteiger partial charge in [0.05, 0.1) is 11.7 Å². The first-order chi connectivity index (χ1) is 8.83. The second-order valence-electron chi connectivity index (χ2n) is 4.22. The van der Waals surface area contributed by atoms with E-state index in [0.29, 0.717) is 4.88 Å². The van der Waals surface area contributed by atoms with Crippen molar-refractivity contribution in [1.29, 1.82) is 0 Å². The Hall–Kier alpha value is -1.88. The second kappa shape index (κ2) is 4.78. The summed E-state index contributed by atoms with van der Waals surface area (Å²) in [6.45, 7) is 0.999. The zero-order chi connectivity index (χ0) is 12.4. The molecule has 0 bridgehead atoms. The van der Waals surface area contributed by atoms with E-state index < -0.39 is 0 Å². The molecule has 2 heterocycles. The van der Waals surface area contributed by atoms with E-state index in [1.54, 1.807) is 11.7 Å². The second-order valence-corrected chi connectivity index (χ2v) is 5.11. The van der Waals surface area contributed by atoms with Crippen LogP contribution in [0.15, 0.2) is 29.9 Å². The fourth-order valence-corrected chi connectivity index (χ4v) is 2.57. The van der Waals surface area contributed by atoms with Gasteiger partial charge in [-0.1, -0.05) is 6.07 Å². The molecular formula is C13H13N3OS. The van der Waals surface area contributed by atoms with Crippen LogP contribution in [0.3, 0.4) is 0 Å². The number of aryl methyl sites for hydroxylation is 1. The maximum atomic E-state index is 11.9. The number of anilines is 2. The summed E-state index contributed by atoms with van der Waals surface area (Å²) in [6.07, 6.45) is 3.85. The monoisotopic (exact) mass is 259 g/mol. The summed E-state index contributed by atoms with van der Waals surface area (Å²) in [5.41, 5.74) is 4.92. The Kier molecular flexibility index (Phi) is 2.98. The van der Waals surface area contributed by atoms with Crippen molar-refractivity contribution in [1.82, 2.24) is 4.98 Å². The zero-order valence-electron chi connectivity index (χ0n) is 9.77. The number of nitrogens with one attached hydrogen (secondary N) is 2. The molecule has 0 unspecified atom stereocenters. The van der Waals surface area contributed by atoms with Crippen molar-refractivity contribution in [3.8, 4) is 0 Å². The highest BCUT2D eigenvalue weighted by atomic mass is 32.1. The van der Waals surface area contributed by atoms with Crippen LogP contribution in [-0.2, 0) is 6.42 Å². The van der Waals surface area contributed by atoms with E-state index in [9.17, 15) is 4.79 Å². The maximum absolute atomic E-state index is 11.9. The molecule has 1 aliphatic heterocycles. The molecule has 0 saturated carbocycles. The molecular weight excluding hydrogens is 246 g/mol. The number of aromatic nitrogens is 1. The Morgan fingerprint density at radius 2 is 2.39 bits per heavy atom. The number of hydrogen-bond acceptors (Lipinski definition) is 4. The highest BCUT2D eigenvalue weighted by molar-refractivity contribution is 7.11. The summed E-state index contributed by atoms with van der Waals surface area (Å²) >= 11 is 1.34. The van der Waals surface area contributed by atoms with Gasteiger partial charge in [0, 0.05) is 17.9 Å². The molecule has 0 fully saturated rings. The topological polar surface area (TPSA) is 54.0 Å². The van der Waals surface area contributed by atoms with Crippen LogP contribution in [0.4, 0.5) is 11.4 Å². The lowest BCUT2D eigenvalue weighted by Gasteiger charge is -2.18. The van der Waals surface area contributed by atoms with E-state index in [-0.39, 0.29) is 5.91 Å². The first kappa shape index (κ1) is 11.2. The van der Waals surface area contributed by atoms with Crippen LogP contribution in [0.5, 0.6) is 0 Å². The summed E-state index contributed by atoms with van der Waals surface area (Å²) in [6, 6.07) is 6.02. The van der Waals surface area contributed by atoms with Crippen molar-refractivity contribution in [2.45, 2.75) is 12.8 Å². The summed E-state index contributed by atoms with van der Waals surface area (Å²) in [5.74, 6) is -0.103. The zero-order valence-corrected chi connectivity index (χ0v) is 10.6. The average Bonchev–Trinajstić information content (AvgIpc) is 2.92. The van der Waals surface area contributed by atoms with Crippen molar-refractivity contribution in [3.63, 3.8) is 0 Å². The van der Waals surface area contributed by atoms with Gasteiger partial charge < -0.3 is 10.6 Å². The lowest BCUT2D eigenvalue weighted by Crippen LogP contribution is -2.14. The number of fused-ring (bicyclic) bond motifs is 1. The Bertz CT molecular complexity index is 566. The third kappa shape index (κ3) is 2.22. The minimum Gasteiger partial charge on any atom is -0.385 e. The fourth-order valence-electron chi connectivity index (χ4n) is 2.06. The summed E-state index contributed by atoms with van der Waals surface area (Å²) in [5, 5.41) is 6.24. The lowest BCUT2D eigenvalue weighted by molar-refractivity contribution is 0.103. The summed E-state index contributed by atoms with van der Waals surface area (Å²) < 4.78 is 0. The van der Waals surface area contributed by atoms with Crippen molar-refractivity contribution < 1.29 is 4.79 Å². The van der Waals surface area contributed by atoms with Gasteiger partial charge in [0.15, 0.2) is 0 Å². The van der Waals surface area contributed by atoms with Crippen LogP contribution >= 0.6 is 11.3 Å². The van der Waals surface area contributed by atoms with Gasteiger partial charge in [-0.2, -0.15) is 0 Å². The first-order valence-electron chi connectivity index (χ1n) is 5.89. The van der Waals surface area contributed by atoms with E-state index in [4.69, 9.17) is 0 Å². The van der Waals surface area contributed by atoms with Crippen molar-refractivity contribution >= 4 is 28.6 Å². The van der Waals surface area contributed by atoms with Gasteiger partial charge in [0.25, 0.3) is 5.91 Å². The molecule has 3 rings (SSSR count). The number of amides is 1. The lowest BCUT2D eigenvalue weighted by atomic mass is 10.0. The molecule has 1 aromatic heterocycles. The SMILES string of the molecule is O=C(Nc1ccc2c(c1)NCCC2)c1cncs1. The van der Waals surface area contributed by atoms with Crippen LogP contribution in [0.1, 0.15) is 21.7 Å². The molecule has 0 saturated heterocycles. The van der Waals surface area contributed by atoms with Crippen LogP contribution in [0.2, 0.25) is 0 Å². The third-order valence-electron chi connectivity index (χ3n) is 2.96. The largest absolute Gasteiger partial charge is 0.385 e. The Balaban J connectivity index is 1.79. The molecule has 1 amide bonds. The predicted octanol–water partition coefficient (Wildman–Crippen LogP) is 2.75. The molecule has 0 spiro atoms. The van der Waals surface area contributed by atoms with Crippen LogP contribution in [0, 0.1) is 0 Å². The molecule has 18 heavy (non-hydrogen) atoms. The minimum atomic E-state index is -0.103. The average molecular weight is 259 g/mol. The quantitative estimate of drug-likeness (QED) is 0.872. The van der Waals surface area contributed by atoms with Gasteiger partial charge in [-0.3, -0.25) is 9.78 Å². The van der Waals surface area contributed by atoms with Gasteiger partial charge in [-0.15, -0.1) is 11.3 Å². The molecule has 92 valence electrons. The summed E-state index contributed by atoms with van der Waals surface area (Å²) in [4.78, 5) is 16.4. The summed E-state index contributed by atoms with van der Waals surface area (Å²) in [7, 11) is 0. The molecule has 5 heteroatoms. The Morgan fingerprint density at radius 3 is 3.22 bits per heavy atom. The molecule has 0 radical (unpaired) electrons. The van der Waals surface area contributed by atoms with Crippen LogP contribution < -0.4 is 10.6 Å². The van der Waals surface area contributed by atoms with Gasteiger partial charge in [0.1, 0.15) is 4.88 Å². The number of carbonyl (C=O) groups excluding carboxylic acids is 1. The molecule has 1 aliphatic rings. The standard InChI is InChI=1S/C13H13N3OS/c17-13(12-7-14-8-18-12)16-10-4-3-9-2-1-5-15-11(9)6-10/h3-4,6-8,15H,1-2,5H2,(H,16,17). The molecule has 4 nitrogen and oxygen atoms in total. The highest BCUT2D eigenvalue weighted by Crippen LogP contribution is 2.25. The van der Waals surface area contributed by atoms with Crippen molar-refractivity contribution in [3.05, 3.63) is 40.3 Å². The number of rotatable bonds is 2. The third-order valence-corrected chi connectivity index (χ3v) is 3.73. The van der Waals surface area contributed by atoms with Crippen molar-refractivity contribution in [2.75, 3.05) is 17.2 Å². The van der Waals surface area contributed by atoms with E-state index in [1.807, 2.05) is 12.1 Å². The van der Waals surface area contributed by atoms with Crippen molar-refractivity contribution in [2.24, 2.45) is 0 Å². The van der Waals surface area contributed by atoms with E-state index in [0.717, 1.165) is 24.3 Å². The number of carbonyl (C=O) groups is 1. The molecule has 2 aromatic rings. The Labute approximate surface area is 109 Å². The molecule has 0 atom stereocenters. The van der Waals surface area contributed by atoms with Crippen LogP contribution in [-0.4, -0.2) is 17.4 Å². The van der Waals surface area contributed by atoms with Crippen LogP contribution in [0.25, 0.3) is 0 Å². The molecule has 0 aliphatic carbocycles. The van der Waals surface area contributed by atoms with E-state index in [2.05, 4.69) is 21.7 Å². The number of hydrogen-bond donors (Lipinski definition) is 2. The maximum Gasteiger partial charge on any atom is 0.267 e. The smallest absolute Gasteiger partial charge is 0.267 e. The van der Waals surface area contributed by atoms with E-state index in [1.165, 1.54) is 23.3 Å². The van der Waals surface area contributed by atoms with Gasteiger partial charge in [-0.05, 0) is 30.5 Å². The first-order valence-corrected chi connectivity index (χ1v) is 6.77.